The van der Waals surface area contributed by atoms with E-state index in [1.54, 1.807) is 0 Å². The molecule has 1 nitrogen and oxygen atoms in total. The molecule has 1 aliphatic carbocycles. The van der Waals surface area contributed by atoms with Gasteiger partial charge in [-0.3, -0.25) is 0 Å². The molecule has 0 bridgehead atoms. The highest BCUT2D eigenvalue weighted by Gasteiger charge is 2.32. The van der Waals surface area contributed by atoms with Crippen molar-refractivity contribution in [3.8, 4) is 0 Å². The predicted octanol–water partition coefficient (Wildman–Crippen LogP) is 2.22. The molecule has 1 heteroatoms. The molecule has 0 aromatic rings. The van der Waals surface area contributed by atoms with Gasteiger partial charge >= 0.3 is 0 Å². The Morgan fingerprint density at radius 2 is 2.18 bits per heavy atom. The van der Waals surface area contributed by atoms with Gasteiger partial charge in [-0.15, -0.1) is 0 Å². The summed E-state index contributed by atoms with van der Waals surface area (Å²) in [6.45, 7) is 8.59. The molecule has 0 spiro atoms. The predicted molar refractivity (Wildman–Crippen MR) is 47.3 cm³/mol. The maximum absolute atomic E-state index is 9.11. The highest BCUT2D eigenvalue weighted by molar-refractivity contribution is 5.03. The monoisotopic (exact) mass is 154 g/mol. The number of hydrogen-bond donors (Lipinski definition) is 1. The lowest BCUT2D eigenvalue weighted by atomic mass is 9.87. The number of hydrogen-bond acceptors (Lipinski definition) is 1. The minimum atomic E-state index is 0.332. The van der Waals surface area contributed by atoms with Crippen LogP contribution in [0.1, 0.15) is 26.7 Å². The number of allylic oxidation sites excluding steroid dienone is 1. The van der Waals surface area contributed by atoms with Crippen LogP contribution < -0.4 is 0 Å². The Kier molecular flexibility index (Phi) is 2.72. The van der Waals surface area contributed by atoms with Crippen LogP contribution in [0.5, 0.6) is 0 Å². The summed E-state index contributed by atoms with van der Waals surface area (Å²) in [7, 11) is 0. The van der Waals surface area contributed by atoms with Crippen molar-refractivity contribution in [2.24, 2.45) is 17.8 Å². The van der Waals surface area contributed by atoms with Crippen molar-refractivity contribution >= 4 is 0 Å². The van der Waals surface area contributed by atoms with Gasteiger partial charge in [-0.1, -0.05) is 19.1 Å². The first-order chi connectivity index (χ1) is 5.16. The Labute approximate surface area is 69.1 Å². The van der Waals surface area contributed by atoms with Crippen LogP contribution in [0.15, 0.2) is 12.2 Å². The van der Waals surface area contributed by atoms with E-state index in [1.807, 2.05) is 0 Å². The molecular weight excluding hydrogens is 136 g/mol. The van der Waals surface area contributed by atoms with Gasteiger partial charge in [0.2, 0.25) is 0 Å². The van der Waals surface area contributed by atoms with E-state index in [0.717, 1.165) is 0 Å². The first-order valence-corrected chi connectivity index (χ1v) is 4.43. The van der Waals surface area contributed by atoms with Crippen LogP contribution in [0.25, 0.3) is 0 Å². The Balaban J connectivity index is 2.61. The maximum atomic E-state index is 9.11. The Hall–Kier alpha value is -0.300. The summed E-state index contributed by atoms with van der Waals surface area (Å²) in [5.41, 5.74) is 1.24. The lowest BCUT2D eigenvalue weighted by Crippen LogP contribution is -2.17. The van der Waals surface area contributed by atoms with Crippen LogP contribution in [0, 0.1) is 17.8 Å². The van der Waals surface area contributed by atoms with Crippen LogP contribution in [0.4, 0.5) is 0 Å². The molecule has 0 aromatic carbocycles. The van der Waals surface area contributed by atoms with Crippen molar-refractivity contribution in [1.82, 2.24) is 0 Å². The number of aliphatic hydroxyl groups is 1. The van der Waals surface area contributed by atoms with Crippen molar-refractivity contribution in [2.75, 3.05) is 6.61 Å². The fraction of sp³-hybridized carbons (Fsp3) is 0.800. The molecule has 1 N–H and O–H groups in total. The molecule has 3 unspecified atom stereocenters. The molecule has 11 heavy (non-hydrogen) atoms. The van der Waals surface area contributed by atoms with Crippen molar-refractivity contribution in [1.29, 1.82) is 0 Å². The highest BCUT2D eigenvalue weighted by Crippen LogP contribution is 2.39. The lowest BCUT2D eigenvalue weighted by Gasteiger charge is -2.20. The van der Waals surface area contributed by atoms with Crippen molar-refractivity contribution < 1.29 is 5.11 Å². The summed E-state index contributed by atoms with van der Waals surface area (Å²) in [5.74, 6) is 1.74. The standard InChI is InChI=1S/C10H18O/c1-7(2)9-5-4-8(3)10(9)6-11/h8-11H,1,4-6H2,2-3H3. The molecule has 64 valence electrons. The summed E-state index contributed by atoms with van der Waals surface area (Å²) in [6.07, 6.45) is 2.48. The van der Waals surface area contributed by atoms with E-state index in [2.05, 4.69) is 20.4 Å². The fourth-order valence-electron chi connectivity index (χ4n) is 2.19. The third kappa shape index (κ3) is 1.64. The second-order valence-electron chi connectivity index (χ2n) is 3.85. The SMILES string of the molecule is C=C(C)C1CCC(C)C1CO. The van der Waals surface area contributed by atoms with Crippen molar-refractivity contribution in [2.45, 2.75) is 26.7 Å². The van der Waals surface area contributed by atoms with Gasteiger partial charge in [0.05, 0.1) is 0 Å². The second-order valence-corrected chi connectivity index (χ2v) is 3.85. The Morgan fingerprint density at radius 3 is 2.55 bits per heavy atom. The van der Waals surface area contributed by atoms with E-state index in [1.165, 1.54) is 18.4 Å². The summed E-state index contributed by atoms with van der Waals surface area (Å²) in [4.78, 5) is 0. The van der Waals surface area contributed by atoms with E-state index in [-0.39, 0.29) is 0 Å². The van der Waals surface area contributed by atoms with Crippen LogP contribution in [-0.2, 0) is 0 Å². The van der Waals surface area contributed by atoms with Gasteiger partial charge in [-0.2, -0.15) is 0 Å². The summed E-state index contributed by atoms with van der Waals surface area (Å²) < 4.78 is 0. The molecular formula is C10H18O. The summed E-state index contributed by atoms with van der Waals surface area (Å²) >= 11 is 0. The van der Waals surface area contributed by atoms with E-state index in [4.69, 9.17) is 5.11 Å². The Bertz CT molecular complexity index is 151. The average molecular weight is 154 g/mol. The molecule has 0 aliphatic heterocycles. The van der Waals surface area contributed by atoms with Gasteiger partial charge < -0.3 is 5.11 Å². The first kappa shape index (κ1) is 8.79. The zero-order valence-corrected chi connectivity index (χ0v) is 7.51. The molecule has 0 aromatic heterocycles. The van der Waals surface area contributed by atoms with Gasteiger partial charge in [0, 0.05) is 6.61 Å². The smallest absolute Gasteiger partial charge is 0.0467 e. The normalized spacial score (nSPS) is 37.5. The fourth-order valence-corrected chi connectivity index (χ4v) is 2.19. The molecule has 1 aliphatic rings. The van der Waals surface area contributed by atoms with E-state index >= 15 is 0 Å². The molecule has 0 radical (unpaired) electrons. The summed E-state index contributed by atoms with van der Waals surface area (Å²) in [5, 5.41) is 9.11. The zero-order valence-electron chi connectivity index (χ0n) is 7.51. The average Bonchev–Trinajstić information content (AvgIpc) is 2.30. The minimum absolute atomic E-state index is 0.332. The quantitative estimate of drug-likeness (QED) is 0.605. The minimum Gasteiger partial charge on any atom is -0.396 e. The van der Waals surface area contributed by atoms with Gasteiger partial charge in [0.1, 0.15) is 0 Å². The lowest BCUT2D eigenvalue weighted by molar-refractivity contribution is 0.178. The maximum Gasteiger partial charge on any atom is 0.0467 e. The molecule has 0 amide bonds. The van der Waals surface area contributed by atoms with Crippen LogP contribution in [0.3, 0.4) is 0 Å². The molecule has 3 atom stereocenters. The van der Waals surface area contributed by atoms with Gasteiger partial charge in [0.15, 0.2) is 0 Å². The third-order valence-electron chi connectivity index (χ3n) is 3.02. The topological polar surface area (TPSA) is 20.2 Å². The third-order valence-corrected chi connectivity index (χ3v) is 3.02. The number of rotatable bonds is 2. The van der Waals surface area contributed by atoms with E-state index in [9.17, 15) is 0 Å². The molecule has 1 saturated carbocycles. The van der Waals surface area contributed by atoms with Crippen LogP contribution in [-0.4, -0.2) is 11.7 Å². The zero-order chi connectivity index (χ0) is 8.43. The van der Waals surface area contributed by atoms with Crippen LogP contribution in [0.2, 0.25) is 0 Å². The first-order valence-electron chi connectivity index (χ1n) is 4.43. The highest BCUT2D eigenvalue weighted by atomic mass is 16.3. The number of aliphatic hydroxyl groups excluding tert-OH is 1. The molecule has 0 saturated heterocycles. The van der Waals surface area contributed by atoms with Gasteiger partial charge in [0.25, 0.3) is 0 Å². The molecule has 1 rings (SSSR count). The van der Waals surface area contributed by atoms with Crippen LogP contribution >= 0.6 is 0 Å². The Morgan fingerprint density at radius 1 is 1.55 bits per heavy atom. The molecule has 1 fully saturated rings. The largest absolute Gasteiger partial charge is 0.396 e. The van der Waals surface area contributed by atoms with E-state index < -0.39 is 0 Å². The summed E-state index contributed by atoms with van der Waals surface area (Å²) in [6, 6.07) is 0. The molecule has 0 heterocycles. The van der Waals surface area contributed by atoms with Crippen molar-refractivity contribution in [3.05, 3.63) is 12.2 Å². The van der Waals surface area contributed by atoms with Gasteiger partial charge in [-0.05, 0) is 37.5 Å². The van der Waals surface area contributed by atoms with Gasteiger partial charge in [-0.25, -0.2) is 0 Å². The van der Waals surface area contributed by atoms with Crippen molar-refractivity contribution in [3.63, 3.8) is 0 Å². The van der Waals surface area contributed by atoms with E-state index in [0.29, 0.717) is 24.4 Å². The second kappa shape index (κ2) is 3.40.